The van der Waals surface area contributed by atoms with Crippen LogP contribution in [0.4, 0.5) is 0 Å². The van der Waals surface area contributed by atoms with E-state index in [0.29, 0.717) is 0 Å². The highest BCUT2D eigenvalue weighted by Crippen LogP contribution is 2.31. The summed E-state index contributed by atoms with van der Waals surface area (Å²) in [6.07, 6.45) is 3.92. The van der Waals surface area contributed by atoms with Crippen molar-refractivity contribution in [2.45, 2.75) is 39.2 Å². The monoisotopic (exact) mass is 184 g/mol. The average Bonchev–Trinajstić information content (AvgIpc) is 2.79. The molecule has 1 saturated carbocycles. The minimum atomic E-state index is -0.231. The molecule has 0 aromatic heterocycles. The highest BCUT2D eigenvalue weighted by molar-refractivity contribution is 5.80. The fourth-order valence-electron chi connectivity index (χ4n) is 1.51. The topological polar surface area (TPSA) is 55.1 Å². The standard InChI is InChI=1S/C10H20N2O/c1-7(2)9(10(11)13)12-6-5-8-3-4-8/h7-9,12H,3-6H2,1-2H3,(H2,11,13). The lowest BCUT2D eigenvalue weighted by Gasteiger charge is -2.18. The second-order valence-corrected chi connectivity index (χ2v) is 4.31. The summed E-state index contributed by atoms with van der Waals surface area (Å²) in [6, 6.07) is -0.154. The second kappa shape index (κ2) is 4.61. The van der Waals surface area contributed by atoms with Crippen molar-refractivity contribution in [1.82, 2.24) is 5.32 Å². The number of hydrogen-bond donors (Lipinski definition) is 2. The summed E-state index contributed by atoms with van der Waals surface area (Å²) in [7, 11) is 0. The third-order valence-corrected chi connectivity index (χ3v) is 2.59. The van der Waals surface area contributed by atoms with Crippen molar-refractivity contribution < 1.29 is 4.79 Å². The predicted octanol–water partition coefficient (Wildman–Crippen LogP) is 0.886. The number of rotatable bonds is 6. The summed E-state index contributed by atoms with van der Waals surface area (Å²) in [5.74, 6) is 0.968. The number of carbonyl (C=O) groups excluding carboxylic acids is 1. The molecule has 1 unspecified atom stereocenters. The zero-order chi connectivity index (χ0) is 9.84. The van der Waals surface area contributed by atoms with Crippen molar-refractivity contribution in [1.29, 1.82) is 0 Å². The van der Waals surface area contributed by atoms with Gasteiger partial charge in [-0.25, -0.2) is 0 Å². The third kappa shape index (κ3) is 3.77. The van der Waals surface area contributed by atoms with E-state index >= 15 is 0 Å². The average molecular weight is 184 g/mol. The van der Waals surface area contributed by atoms with E-state index in [1.807, 2.05) is 13.8 Å². The van der Waals surface area contributed by atoms with Gasteiger partial charge in [-0.1, -0.05) is 26.7 Å². The van der Waals surface area contributed by atoms with Crippen LogP contribution >= 0.6 is 0 Å². The van der Waals surface area contributed by atoms with Gasteiger partial charge in [0.1, 0.15) is 0 Å². The molecule has 0 saturated heterocycles. The molecule has 13 heavy (non-hydrogen) atoms. The van der Waals surface area contributed by atoms with Crippen LogP contribution in [0.5, 0.6) is 0 Å². The number of nitrogens with two attached hydrogens (primary N) is 1. The SMILES string of the molecule is CC(C)C(NCCC1CC1)C(N)=O. The van der Waals surface area contributed by atoms with Crippen molar-refractivity contribution in [3.05, 3.63) is 0 Å². The van der Waals surface area contributed by atoms with E-state index in [4.69, 9.17) is 5.73 Å². The molecule has 0 aromatic carbocycles. The Morgan fingerprint density at radius 2 is 2.15 bits per heavy atom. The lowest BCUT2D eigenvalue weighted by Crippen LogP contribution is -2.45. The van der Waals surface area contributed by atoms with Crippen LogP contribution in [0.2, 0.25) is 0 Å². The lowest BCUT2D eigenvalue weighted by atomic mass is 10.0. The largest absolute Gasteiger partial charge is 0.368 e. The fraction of sp³-hybridized carbons (Fsp3) is 0.900. The predicted molar refractivity (Wildman–Crippen MR) is 53.2 cm³/mol. The molecular formula is C10H20N2O. The summed E-state index contributed by atoms with van der Waals surface area (Å²) in [5, 5.41) is 3.22. The fourth-order valence-corrected chi connectivity index (χ4v) is 1.51. The highest BCUT2D eigenvalue weighted by Gasteiger charge is 2.23. The van der Waals surface area contributed by atoms with Crippen LogP contribution in [0.1, 0.15) is 33.1 Å². The van der Waals surface area contributed by atoms with Crippen molar-refractivity contribution in [2.75, 3.05) is 6.54 Å². The van der Waals surface area contributed by atoms with Gasteiger partial charge in [0, 0.05) is 0 Å². The number of nitrogens with one attached hydrogen (secondary N) is 1. The van der Waals surface area contributed by atoms with Crippen LogP contribution in [-0.2, 0) is 4.79 Å². The first-order chi connectivity index (χ1) is 6.11. The van der Waals surface area contributed by atoms with Gasteiger partial charge < -0.3 is 11.1 Å². The number of primary amides is 1. The van der Waals surface area contributed by atoms with E-state index in [2.05, 4.69) is 5.32 Å². The smallest absolute Gasteiger partial charge is 0.234 e. The van der Waals surface area contributed by atoms with Gasteiger partial charge in [0.2, 0.25) is 5.91 Å². The molecule has 3 N–H and O–H groups in total. The maximum Gasteiger partial charge on any atom is 0.234 e. The van der Waals surface area contributed by atoms with Gasteiger partial charge in [-0.3, -0.25) is 4.79 Å². The second-order valence-electron chi connectivity index (χ2n) is 4.31. The van der Waals surface area contributed by atoms with E-state index in [1.54, 1.807) is 0 Å². The molecule has 1 rings (SSSR count). The maximum atomic E-state index is 11.0. The van der Waals surface area contributed by atoms with Crippen LogP contribution in [0.25, 0.3) is 0 Å². The molecule has 0 aromatic rings. The molecule has 1 atom stereocenters. The molecule has 0 spiro atoms. The zero-order valence-electron chi connectivity index (χ0n) is 8.55. The Bertz CT molecular complexity index is 176. The van der Waals surface area contributed by atoms with Crippen LogP contribution in [0, 0.1) is 11.8 Å². The molecule has 1 aliphatic carbocycles. The summed E-state index contributed by atoms with van der Waals surface area (Å²) in [4.78, 5) is 11.0. The van der Waals surface area contributed by atoms with Crippen LogP contribution in [-0.4, -0.2) is 18.5 Å². The van der Waals surface area contributed by atoms with Gasteiger partial charge in [-0.05, 0) is 24.8 Å². The molecule has 0 radical (unpaired) electrons. The Hall–Kier alpha value is -0.570. The van der Waals surface area contributed by atoms with E-state index in [-0.39, 0.29) is 17.9 Å². The number of amides is 1. The van der Waals surface area contributed by atoms with Gasteiger partial charge in [0.15, 0.2) is 0 Å². The molecule has 76 valence electrons. The highest BCUT2D eigenvalue weighted by atomic mass is 16.1. The Kier molecular flexibility index (Phi) is 3.72. The third-order valence-electron chi connectivity index (χ3n) is 2.59. The summed E-state index contributed by atoms with van der Waals surface area (Å²) < 4.78 is 0. The van der Waals surface area contributed by atoms with Gasteiger partial charge in [-0.2, -0.15) is 0 Å². The van der Waals surface area contributed by atoms with Crippen LogP contribution < -0.4 is 11.1 Å². The molecule has 3 heteroatoms. The minimum absolute atomic E-state index is 0.154. The summed E-state index contributed by atoms with van der Waals surface area (Å²) in [5.41, 5.74) is 5.27. The first-order valence-corrected chi connectivity index (χ1v) is 5.14. The van der Waals surface area contributed by atoms with E-state index < -0.39 is 0 Å². The molecule has 1 amide bonds. The summed E-state index contributed by atoms with van der Waals surface area (Å²) >= 11 is 0. The van der Waals surface area contributed by atoms with Gasteiger partial charge >= 0.3 is 0 Å². The minimum Gasteiger partial charge on any atom is -0.368 e. The molecule has 0 heterocycles. The summed E-state index contributed by atoms with van der Waals surface area (Å²) in [6.45, 7) is 4.95. The number of hydrogen-bond acceptors (Lipinski definition) is 2. The van der Waals surface area contributed by atoms with Crippen molar-refractivity contribution in [2.24, 2.45) is 17.6 Å². The Morgan fingerprint density at radius 1 is 1.54 bits per heavy atom. The molecule has 1 fully saturated rings. The van der Waals surface area contributed by atoms with Crippen LogP contribution in [0.3, 0.4) is 0 Å². The Labute approximate surface area is 80.1 Å². The van der Waals surface area contributed by atoms with E-state index in [1.165, 1.54) is 19.3 Å². The van der Waals surface area contributed by atoms with Gasteiger partial charge in [0.25, 0.3) is 0 Å². The van der Waals surface area contributed by atoms with E-state index in [0.717, 1.165) is 12.5 Å². The zero-order valence-corrected chi connectivity index (χ0v) is 8.55. The Balaban J connectivity index is 2.16. The molecule has 3 nitrogen and oxygen atoms in total. The van der Waals surface area contributed by atoms with Crippen molar-refractivity contribution in [3.8, 4) is 0 Å². The van der Waals surface area contributed by atoms with Crippen molar-refractivity contribution in [3.63, 3.8) is 0 Å². The van der Waals surface area contributed by atoms with E-state index in [9.17, 15) is 4.79 Å². The number of carbonyl (C=O) groups is 1. The molecule has 0 bridgehead atoms. The molecule has 0 aliphatic heterocycles. The van der Waals surface area contributed by atoms with Crippen LogP contribution in [0.15, 0.2) is 0 Å². The first kappa shape index (κ1) is 10.5. The molecular weight excluding hydrogens is 164 g/mol. The maximum absolute atomic E-state index is 11.0. The Morgan fingerprint density at radius 3 is 2.54 bits per heavy atom. The first-order valence-electron chi connectivity index (χ1n) is 5.14. The van der Waals surface area contributed by atoms with Gasteiger partial charge in [0.05, 0.1) is 6.04 Å². The lowest BCUT2D eigenvalue weighted by molar-refractivity contribution is -0.121. The quantitative estimate of drug-likeness (QED) is 0.644. The van der Waals surface area contributed by atoms with Crippen molar-refractivity contribution >= 4 is 5.91 Å². The molecule has 1 aliphatic rings. The normalized spacial score (nSPS) is 19.0. The van der Waals surface area contributed by atoms with Gasteiger partial charge in [-0.15, -0.1) is 0 Å².